The highest BCUT2D eigenvalue weighted by Gasteiger charge is 2.23. The molecule has 0 radical (unpaired) electrons. The minimum Gasteiger partial charge on any atom is -0.313 e. The molecule has 1 aromatic rings. The molecule has 0 bridgehead atoms. The van der Waals surface area contributed by atoms with E-state index in [1.807, 2.05) is 12.3 Å². The van der Waals surface area contributed by atoms with Crippen LogP contribution in [-0.4, -0.2) is 28.6 Å². The Balaban J connectivity index is 1.96. The van der Waals surface area contributed by atoms with Crippen molar-refractivity contribution in [3.05, 3.63) is 30.1 Å². The standard InChI is InChI=1S/C14H22N2S/c1-2-15-13(14-8-4-6-10-17-14)11-12-7-3-5-9-16-12/h3,5,7,9,13-15H,2,4,6,8,10-11H2,1H3. The number of aromatic nitrogens is 1. The van der Waals surface area contributed by atoms with Crippen molar-refractivity contribution in [3.8, 4) is 0 Å². The van der Waals surface area contributed by atoms with Crippen molar-refractivity contribution >= 4 is 11.8 Å². The van der Waals surface area contributed by atoms with Crippen LogP contribution in [-0.2, 0) is 6.42 Å². The Hall–Kier alpha value is -0.540. The van der Waals surface area contributed by atoms with Crippen LogP contribution < -0.4 is 5.32 Å². The van der Waals surface area contributed by atoms with Crippen molar-refractivity contribution in [2.24, 2.45) is 0 Å². The van der Waals surface area contributed by atoms with E-state index in [1.165, 1.54) is 30.7 Å². The molecular formula is C14H22N2S. The first-order chi connectivity index (χ1) is 8.40. The first kappa shape index (κ1) is 12.9. The number of pyridine rings is 1. The summed E-state index contributed by atoms with van der Waals surface area (Å²) in [7, 11) is 0. The molecule has 2 unspecified atom stereocenters. The van der Waals surface area contributed by atoms with Gasteiger partial charge in [0.1, 0.15) is 0 Å². The van der Waals surface area contributed by atoms with E-state index in [1.54, 1.807) is 0 Å². The molecule has 2 nitrogen and oxygen atoms in total. The van der Waals surface area contributed by atoms with Crippen LogP contribution >= 0.6 is 11.8 Å². The van der Waals surface area contributed by atoms with E-state index in [2.05, 4.69) is 41.1 Å². The Kier molecular flexibility index (Phi) is 5.33. The number of hydrogen-bond donors (Lipinski definition) is 1. The van der Waals surface area contributed by atoms with Gasteiger partial charge in [-0.3, -0.25) is 4.98 Å². The van der Waals surface area contributed by atoms with E-state index in [0.717, 1.165) is 18.2 Å². The number of nitrogens with one attached hydrogen (secondary N) is 1. The van der Waals surface area contributed by atoms with Gasteiger partial charge in [-0.25, -0.2) is 0 Å². The highest BCUT2D eigenvalue weighted by Crippen LogP contribution is 2.28. The van der Waals surface area contributed by atoms with Crippen LogP contribution in [0.4, 0.5) is 0 Å². The van der Waals surface area contributed by atoms with Crippen molar-refractivity contribution in [2.75, 3.05) is 12.3 Å². The zero-order valence-electron chi connectivity index (χ0n) is 10.6. The third-order valence-corrected chi connectivity index (χ3v) is 4.80. The maximum absolute atomic E-state index is 4.45. The van der Waals surface area contributed by atoms with Crippen LogP contribution in [0.1, 0.15) is 31.9 Å². The molecule has 2 atom stereocenters. The molecule has 17 heavy (non-hydrogen) atoms. The third-order valence-electron chi connectivity index (χ3n) is 3.29. The van der Waals surface area contributed by atoms with E-state index < -0.39 is 0 Å². The Morgan fingerprint density at radius 1 is 1.47 bits per heavy atom. The van der Waals surface area contributed by atoms with Crippen molar-refractivity contribution in [2.45, 2.75) is 43.9 Å². The second kappa shape index (κ2) is 7.02. The summed E-state index contributed by atoms with van der Waals surface area (Å²) in [6, 6.07) is 6.79. The molecular weight excluding hydrogens is 228 g/mol. The van der Waals surface area contributed by atoms with Gasteiger partial charge in [0.05, 0.1) is 0 Å². The summed E-state index contributed by atoms with van der Waals surface area (Å²) in [6.07, 6.45) is 7.10. The van der Waals surface area contributed by atoms with Gasteiger partial charge in [0.2, 0.25) is 0 Å². The second-order valence-electron chi connectivity index (χ2n) is 4.59. The van der Waals surface area contributed by atoms with E-state index in [0.29, 0.717) is 6.04 Å². The van der Waals surface area contributed by atoms with Crippen LogP contribution in [0, 0.1) is 0 Å². The molecule has 2 rings (SSSR count). The lowest BCUT2D eigenvalue weighted by Gasteiger charge is -2.30. The highest BCUT2D eigenvalue weighted by molar-refractivity contribution is 8.00. The average Bonchev–Trinajstić information content (AvgIpc) is 2.40. The predicted octanol–water partition coefficient (Wildman–Crippen LogP) is 2.89. The number of nitrogens with zero attached hydrogens (tertiary/aromatic N) is 1. The van der Waals surface area contributed by atoms with Gasteiger partial charge in [-0.05, 0) is 37.3 Å². The molecule has 1 aliphatic heterocycles. The maximum Gasteiger partial charge on any atom is 0.0419 e. The van der Waals surface area contributed by atoms with Gasteiger partial charge in [0, 0.05) is 29.6 Å². The minimum atomic E-state index is 0.584. The fourth-order valence-electron chi connectivity index (χ4n) is 2.42. The summed E-state index contributed by atoms with van der Waals surface area (Å²) in [5, 5.41) is 4.41. The largest absolute Gasteiger partial charge is 0.313 e. The molecule has 3 heteroatoms. The highest BCUT2D eigenvalue weighted by atomic mass is 32.2. The summed E-state index contributed by atoms with van der Waals surface area (Å²) in [4.78, 5) is 4.45. The van der Waals surface area contributed by atoms with Gasteiger partial charge < -0.3 is 5.32 Å². The minimum absolute atomic E-state index is 0.584. The maximum atomic E-state index is 4.45. The van der Waals surface area contributed by atoms with Crippen molar-refractivity contribution in [1.82, 2.24) is 10.3 Å². The monoisotopic (exact) mass is 250 g/mol. The molecule has 0 amide bonds. The van der Waals surface area contributed by atoms with Crippen LogP contribution in [0.5, 0.6) is 0 Å². The van der Waals surface area contributed by atoms with Crippen LogP contribution in [0.2, 0.25) is 0 Å². The molecule has 1 saturated heterocycles. The first-order valence-corrected chi connectivity index (χ1v) is 7.70. The van der Waals surface area contributed by atoms with Gasteiger partial charge >= 0.3 is 0 Å². The SMILES string of the molecule is CCNC(Cc1ccccn1)C1CCCCS1. The zero-order valence-corrected chi connectivity index (χ0v) is 11.4. The summed E-state index contributed by atoms with van der Waals surface area (Å²) < 4.78 is 0. The zero-order chi connectivity index (χ0) is 11.9. The van der Waals surface area contributed by atoms with E-state index in [9.17, 15) is 0 Å². The third kappa shape index (κ3) is 4.00. The summed E-state index contributed by atoms with van der Waals surface area (Å²) in [5.74, 6) is 1.33. The number of rotatable bonds is 5. The Morgan fingerprint density at radius 2 is 2.41 bits per heavy atom. The fourth-order valence-corrected chi connectivity index (χ4v) is 3.86. The van der Waals surface area contributed by atoms with Crippen LogP contribution in [0.25, 0.3) is 0 Å². The molecule has 0 saturated carbocycles. The van der Waals surface area contributed by atoms with Gasteiger partial charge in [0.25, 0.3) is 0 Å². The molecule has 94 valence electrons. The average molecular weight is 250 g/mol. The molecule has 1 N–H and O–H groups in total. The summed E-state index contributed by atoms with van der Waals surface area (Å²) in [5.41, 5.74) is 1.21. The van der Waals surface area contributed by atoms with Crippen molar-refractivity contribution in [1.29, 1.82) is 0 Å². The molecule has 1 aliphatic rings. The molecule has 2 heterocycles. The molecule has 1 fully saturated rings. The van der Waals surface area contributed by atoms with Crippen LogP contribution in [0.15, 0.2) is 24.4 Å². The second-order valence-corrected chi connectivity index (χ2v) is 5.94. The Morgan fingerprint density at radius 3 is 3.06 bits per heavy atom. The Bertz CT molecular complexity index is 309. The lowest BCUT2D eigenvalue weighted by molar-refractivity contribution is 0.468. The van der Waals surface area contributed by atoms with Crippen molar-refractivity contribution in [3.63, 3.8) is 0 Å². The lowest BCUT2D eigenvalue weighted by Crippen LogP contribution is -2.41. The number of thioether (sulfide) groups is 1. The Labute approximate surface area is 109 Å². The lowest BCUT2D eigenvalue weighted by atomic mass is 10.0. The quantitative estimate of drug-likeness (QED) is 0.870. The van der Waals surface area contributed by atoms with Gasteiger partial charge in [-0.2, -0.15) is 11.8 Å². The smallest absolute Gasteiger partial charge is 0.0419 e. The van der Waals surface area contributed by atoms with Crippen LogP contribution in [0.3, 0.4) is 0 Å². The van der Waals surface area contributed by atoms with Gasteiger partial charge in [-0.1, -0.05) is 19.4 Å². The molecule has 0 aromatic carbocycles. The van der Waals surface area contributed by atoms with Gasteiger partial charge in [-0.15, -0.1) is 0 Å². The summed E-state index contributed by atoms with van der Waals surface area (Å²) >= 11 is 2.14. The van der Waals surface area contributed by atoms with Crippen molar-refractivity contribution < 1.29 is 0 Å². The predicted molar refractivity (Wildman–Crippen MR) is 75.5 cm³/mol. The van der Waals surface area contributed by atoms with E-state index in [4.69, 9.17) is 0 Å². The fraction of sp³-hybridized carbons (Fsp3) is 0.643. The topological polar surface area (TPSA) is 24.9 Å². The molecule has 0 spiro atoms. The first-order valence-electron chi connectivity index (χ1n) is 6.65. The number of likely N-dealkylation sites (N-methyl/N-ethyl adjacent to an activating group) is 1. The summed E-state index contributed by atoms with van der Waals surface area (Å²) in [6.45, 7) is 3.24. The van der Waals surface area contributed by atoms with Gasteiger partial charge in [0.15, 0.2) is 0 Å². The number of hydrogen-bond acceptors (Lipinski definition) is 3. The van der Waals surface area contributed by atoms with E-state index in [-0.39, 0.29) is 0 Å². The normalized spacial score (nSPS) is 22.3. The molecule has 1 aromatic heterocycles. The van der Waals surface area contributed by atoms with E-state index >= 15 is 0 Å². The molecule has 0 aliphatic carbocycles.